The first kappa shape index (κ1) is 23.9. The van der Waals surface area contributed by atoms with Gasteiger partial charge >= 0.3 is 6.09 Å². The van der Waals surface area contributed by atoms with E-state index in [1.807, 2.05) is 0 Å². The third-order valence-electron chi connectivity index (χ3n) is 5.48. The summed E-state index contributed by atoms with van der Waals surface area (Å²) in [6, 6.07) is 3.63. The van der Waals surface area contributed by atoms with Crippen molar-refractivity contribution in [3.05, 3.63) is 50.6 Å². The van der Waals surface area contributed by atoms with Gasteiger partial charge in [-0.25, -0.2) is 14.2 Å². The monoisotopic (exact) mass is 486 g/mol. The SMILES string of the molecule is Cc1c(C(=O)Nc2cc(F)ccc2NC(=O)OC(C)(C)C)sc2nc3n(c(=O)c12)CCCCC3. The average molecular weight is 487 g/mol. The van der Waals surface area contributed by atoms with E-state index < -0.39 is 23.4 Å². The molecule has 1 aliphatic rings. The molecule has 0 aliphatic carbocycles. The maximum Gasteiger partial charge on any atom is 0.412 e. The molecule has 2 aromatic heterocycles. The van der Waals surface area contributed by atoms with Gasteiger partial charge in [0.2, 0.25) is 0 Å². The zero-order valence-electron chi connectivity index (χ0n) is 19.6. The number of nitrogens with one attached hydrogen (secondary N) is 2. The van der Waals surface area contributed by atoms with Crippen LogP contribution in [0.2, 0.25) is 0 Å². The lowest BCUT2D eigenvalue weighted by Gasteiger charge is -2.20. The molecule has 2 N–H and O–H groups in total. The molecule has 0 atom stereocenters. The summed E-state index contributed by atoms with van der Waals surface area (Å²) in [5, 5.41) is 5.64. The number of carbonyl (C=O) groups is 2. The number of nitrogens with zero attached hydrogens (tertiary/aromatic N) is 2. The predicted octanol–water partition coefficient (Wildman–Crippen LogP) is 5.23. The van der Waals surface area contributed by atoms with Gasteiger partial charge in [-0.15, -0.1) is 11.3 Å². The van der Waals surface area contributed by atoms with Crippen LogP contribution >= 0.6 is 11.3 Å². The summed E-state index contributed by atoms with van der Waals surface area (Å²) in [4.78, 5) is 44.0. The Labute approximate surface area is 200 Å². The first-order valence-electron chi connectivity index (χ1n) is 11.2. The van der Waals surface area contributed by atoms with Crippen LogP contribution in [0, 0.1) is 12.7 Å². The summed E-state index contributed by atoms with van der Waals surface area (Å²) in [5.41, 5.74) is -0.0535. The average Bonchev–Trinajstić information content (AvgIpc) is 2.90. The second-order valence-corrected chi connectivity index (χ2v) is 10.3. The van der Waals surface area contributed by atoms with Gasteiger partial charge in [0.15, 0.2) is 0 Å². The lowest BCUT2D eigenvalue weighted by molar-refractivity contribution is 0.0635. The lowest BCUT2D eigenvalue weighted by atomic mass is 10.2. The van der Waals surface area contributed by atoms with Crippen LogP contribution in [-0.2, 0) is 17.7 Å². The Hall–Kier alpha value is -3.27. The highest BCUT2D eigenvalue weighted by molar-refractivity contribution is 7.20. The number of fused-ring (bicyclic) bond motifs is 2. The van der Waals surface area contributed by atoms with Crippen LogP contribution in [-0.4, -0.2) is 27.2 Å². The van der Waals surface area contributed by atoms with Crippen LogP contribution in [0.15, 0.2) is 23.0 Å². The molecule has 0 unspecified atom stereocenters. The van der Waals surface area contributed by atoms with E-state index in [0.717, 1.165) is 48.9 Å². The van der Waals surface area contributed by atoms with Crippen molar-refractivity contribution in [3.8, 4) is 0 Å². The van der Waals surface area contributed by atoms with Crippen molar-refractivity contribution in [2.45, 2.75) is 65.5 Å². The Morgan fingerprint density at radius 3 is 2.65 bits per heavy atom. The molecule has 180 valence electrons. The molecule has 0 saturated carbocycles. The van der Waals surface area contributed by atoms with Crippen LogP contribution in [0.5, 0.6) is 0 Å². The largest absolute Gasteiger partial charge is 0.444 e. The quantitative estimate of drug-likeness (QED) is 0.528. The number of benzene rings is 1. The standard InChI is InChI=1S/C24H27FN4O4S/c1-13-18-21(28-17-8-6-5-7-11-29(17)22(18)31)34-19(13)20(30)26-16-12-14(25)9-10-15(16)27-23(32)33-24(2,3)4/h9-10,12H,5-8,11H2,1-4H3,(H,26,30)(H,27,32). The van der Waals surface area contributed by atoms with Gasteiger partial charge in [0.05, 0.1) is 21.6 Å². The van der Waals surface area contributed by atoms with Crippen LogP contribution in [0.1, 0.15) is 61.1 Å². The van der Waals surface area contributed by atoms with Gasteiger partial charge in [0, 0.05) is 13.0 Å². The molecule has 2 amide bonds. The van der Waals surface area contributed by atoms with Crippen LogP contribution in [0.25, 0.3) is 10.2 Å². The Morgan fingerprint density at radius 2 is 1.91 bits per heavy atom. The van der Waals surface area contributed by atoms with Crippen molar-refractivity contribution in [2.24, 2.45) is 0 Å². The number of rotatable bonds is 3. The smallest absolute Gasteiger partial charge is 0.412 e. The van der Waals surface area contributed by atoms with E-state index in [2.05, 4.69) is 15.6 Å². The Bertz CT molecular complexity index is 1340. The molecule has 8 nitrogen and oxygen atoms in total. The highest BCUT2D eigenvalue weighted by Crippen LogP contribution is 2.31. The van der Waals surface area contributed by atoms with Crippen molar-refractivity contribution < 1.29 is 18.7 Å². The maximum absolute atomic E-state index is 14.0. The third kappa shape index (κ3) is 4.96. The van der Waals surface area contributed by atoms with Crippen LogP contribution in [0.4, 0.5) is 20.6 Å². The highest BCUT2D eigenvalue weighted by Gasteiger charge is 2.24. The molecule has 0 radical (unpaired) electrons. The highest BCUT2D eigenvalue weighted by atomic mass is 32.1. The van der Waals surface area contributed by atoms with Gasteiger partial charge in [-0.3, -0.25) is 19.5 Å². The molecule has 4 rings (SSSR count). The molecule has 10 heteroatoms. The van der Waals surface area contributed by atoms with Crippen LogP contribution in [0.3, 0.4) is 0 Å². The number of amides is 2. The molecule has 0 saturated heterocycles. The van der Waals surface area contributed by atoms with E-state index in [4.69, 9.17) is 4.74 Å². The normalized spacial score (nSPS) is 13.8. The topological polar surface area (TPSA) is 102 Å². The fraction of sp³-hybridized carbons (Fsp3) is 0.417. The van der Waals surface area contributed by atoms with Gasteiger partial charge in [-0.05, 0) is 64.3 Å². The summed E-state index contributed by atoms with van der Waals surface area (Å²) >= 11 is 1.13. The molecular formula is C24H27FN4O4S. The zero-order chi connectivity index (χ0) is 24.6. The minimum Gasteiger partial charge on any atom is -0.444 e. The minimum absolute atomic E-state index is 0.0770. The van der Waals surface area contributed by atoms with Gasteiger partial charge in [-0.1, -0.05) is 6.42 Å². The zero-order valence-corrected chi connectivity index (χ0v) is 20.4. The Kier molecular flexibility index (Phi) is 6.44. The molecule has 0 bridgehead atoms. The number of aromatic nitrogens is 2. The molecule has 3 aromatic rings. The summed E-state index contributed by atoms with van der Waals surface area (Å²) in [6.07, 6.45) is 2.95. The van der Waals surface area contributed by atoms with E-state index in [9.17, 15) is 18.8 Å². The number of hydrogen-bond acceptors (Lipinski definition) is 6. The summed E-state index contributed by atoms with van der Waals surface area (Å²) < 4.78 is 20.9. The Morgan fingerprint density at radius 1 is 1.15 bits per heavy atom. The number of ether oxygens (including phenoxy) is 1. The second kappa shape index (κ2) is 9.17. The van der Waals surface area contributed by atoms with Gasteiger partial charge in [0.1, 0.15) is 22.1 Å². The van der Waals surface area contributed by atoms with E-state index in [0.29, 0.717) is 27.2 Å². The number of carbonyl (C=O) groups excluding carboxylic acids is 2. The van der Waals surface area contributed by atoms with Crippen molar-refractivity contribution in [3.63, 3.8) is 0 Å². The molecule has 34 heavy (non-hydrogen) atoms. The fourth-order valence-electron chi connectivity index (χ4n) is 3.95. The summed E-state index contributed by atoms with van der Waals surface area (Å²) in [6.45, 7) is 7.50. The molecule has 0 spiro atoms. The van der Waals surface area contributed by atoms with Gasteiger partial charge < -0.3 is 10.1 Å². The third-order valence-corrected chi connectivity index (χ3v) is 6.67. The molecule has 1 aliphatic heterocycles. The van der Waals surface area contributed by atoms with Crippen molar-refractivity contribution in [1.82, 2.24) is 9.55 Å². The van der Waals surface area contributed by atoms with E-state index in [1.54, 1.807) is 32.3 Å². The predicted molar refractivity (Wildman–Crippen MR) is 130 cm³/mol. The first-order valence-corrected chi connectivity index (χ1v) is 12.0. The number of hydrogen-bond donors (Lipinski definition) is 2. The maximum atomic E-state index is 14.0. The Balaban J connectivity index is 1.66. The van der Waals surface area contributed by atoms with E-state index in [1.165, 1.54) is 12.1 Å². The van der Waals surface area contributed by atoms with Gasteiger partial charge in [0.25, 0.3) is 11.5 Å². The van der Waals surface area contributed by atoms with Crippen molar-refractivity contribution >= 4 is 44.9 Å². The van der Waals surface area contributed by atoms with Gasteiger partial charge in [-0.2, -0.15) is 0 Å². The molecular weight excluding hydrogens is 459 g/mol. The van der Waals surface area contributed by atoms with E-state index in [-0.39, 0.29) is 16.9 Å². The first-order chi connectivity index (χ1) is 16.0. The van der Waals surface area contributed by atoms with Crippen LogP contribution < -0.4 is 16.2 Å². The van der Waals surface area contributed by atoms with Crippen molar-refractivity contribution in [2.75, 3.05) is 10.6 Å². The number of anilines is 2. The van der Waals surface area contributed by atoms with E-state index >= 15 is 0 Å². The lowest BCUT2D eigenvalue weighted by Crippen LogP contribution is -2.27. The number of aryl methyl sites for hydroxylation is 2. The molecule has 0 fully saturated rings. The number of halogens is 1. The molecule has 3 heterocycles. The summed E-state index contributed by atoms with van der Waals surface area (Å²) in [5.74, 6) is -0.350. The minimum atomic E-state index is -0.730. The second-order valence-electron chi connectivity index (χ2n) is 9.30. The fourth-order valence-corrected chi connectivity index (χ4v) is 5.03. The number of thiophene rings is 1. The molecule has 1 aromatic carbocycles. The summed E-state index contributed by atoms with van der Waals surface area (Å²) in [7, 11) is 0. The van der Waals surface area contributed by atoms with Crippen molar-refractivity contribution in [1.29, 1.82) is 0 Å².